The Hall–Kier alpha value is -1.41. The molecule has 0 bridgehead atoms. The van der Waals surface area contributed by atoms with E-state index in [0.29, 0.717) is 25.7 Å². The molecule has 0 radical (unpaired) electrons. The predicted octanol–water partition coefficient (Wildman–Crippen LogP) is 12.0. The van der Waals surface area contributed by atoms with Crippen LogP contribution in [0.2, 0.25) is 36.3 Å². The SMILES string of the molecule is CCC(CC)CCCC(C)c1cccc(COc2ccc(CO[Si](C)(C)C(C)(C)C)c(CO[Si](C)(C)C(C)(C)C)c2)c1. The normalized spacial score (nSPS) is 14.0. The zero-order valence-electron chi connectivity index (χ0n) is 29.6. The molecule has 0 spiro atoms. The zero-order chi connectivity index (χ0) is 31.8. The van der Waals surface area contributed by atoms with E-state index in [0.717, 1.165) is 11.7 Å². The van der Waals surface area contributed by atoms with Crippen molar-refractivity contribution in [2.45, 2.75) is 156 Å². The lowest BCUT2D eigenvalue weighted by Gasteiger charge is -2.37. The highest BCUT2D eigenvalue weighted by atomic mass is 28.4. The van der Waals surface area contributed by atoms with Crippen molar-refractivity contribution in [2.75, 3.05) is 0 Å². The molecule has 0 amide bonds. The van der Waals surface area contributed by atoms with Gasteiger partial charge in [0.2, 0.25) is 0 Å². The molecule has 2 aromatic rings. The van der Waals surface area contributed by atoms with Crippen molar-refractivity contribution in [1.29, 1.82) is 0 Å². The molecule has 2 rings (SSSR count). The molecule has 0 saturated carbocycles. The van der Waals surface area contributed by atoms with Gasteiger partial charge >= 0.3 is 0 Å². The van der Waals surface area contributed by atoms with Gasteiger partial charge in [0, 0.05) is 0 Å². The zero-order valence-corrected chi connectivity index (χ0v) is 31.6. The topological polar surface area (TPSA) is 27.7 Å². The van der Waals surface area contributed by atoms with Crippen LogP contribution < -0.4 is 4.74 Å². The van der Waals surface area contributed by atoms with Gasteiger partial charge in [-0.25, -0.2) is 0 Å². The number of hydrogen-bond acceptors (Lipinski definition) is 3. The van der Waals surface area contributed by atoms with Gasteiger partial charge in [-0.2, -0.15) is 0 Å². The molecule has 238 valence electrons. The molecule has 3 nitrogen and oxygen atoms in total. The molecule has 42 heavy (non-hydrogen) atoms. The van der Waals surface area contributed by atoms with Crippen molar-refractivity contribution in [3.05, 3.63) is 64.7 Å². The van der Waals surface area contributed by atoms with Crippen molar-refractivity contribution in [2.24, 2.45) is 5.92 Å². The first-order chi connectivity index (χ1) is 19.4. The highest BCUT2D eigenvalue weighted by Crippen LogP contribution is 2.39. The smallest absolute Gasteiger partial charge is 0.192 e. The molecular weight excluding hydrogens is 549 g/mol. The number of rotatable bonds is 16. The summed E-state index contributed by atoms with van der Waals surface area (Å²) in [6.45, 7) is 31.8. The second kappa shape index (κ2) is 15.5. The Kier molecular flexibility index (Phi) is 13.6. The molecular formula is C37H64O3Si2. The second-order valence-corrected chi connectivity index (χ2v) is 25.2. The summed E-state index contributed by atoms with van der Waals surface area (Å²) in [7, 11) is -3.77. The van der Waals surface area contributed by atoms with Crippen LogP contribution in [0.4, 0.5) is 0 Å². The Morgan fingerprint density at radius 3 is 1.81 bits per heavy atom. The molecule has 0 saturated heterocycles. The van der Waals surface area contributed by atoms with E-state index in [1.807, 2.05) is 0 Å². The largest absolute Gasteiger partial charge is 0.489 e. The van der Waals surface area contributed by atoms with Crippen LogP contribution in [0, 0.1) is 5.92 Å². The molecule has 0 aliphatic heterocycles. The third-order valence-electron chi connectivity index (χ3n) is 10.3. The number of ether oxygens (including phenoxy) is 1. The van der Waals surface area contributed by atoms with Gasteiger partial charge < -0.3 is 13.6 Å². The Labute approximate surface area is 262 Å². The number of benzene rings is 2. The quantitative estimate of drug-likeness (QED) is 0.176. The van der Waals surface area contributed by atoms with E-state index in [-0.39, 0.29) is 10.1 Å². The average Bonchev–Trinajstić information content (AvgIpc) is 2.91. The first-order valence-corrected chi connectivity index (χ1v) is 22.3. The lowest BCUT2D eigenvalue weighted by atomic mass is 9.90. The molecule has 0 N–H and O–H groups in total. The van der Waals surface area contributed by atoms with E-state index in [1.54, 1.807) is 0 Å². The van der Waals surface area contributed by atoms with Gasteiger partial charge in [0.05, 0.1) is 13.2 Å². The molecule has 0 aromatic heterocycles. The highest BCUT2D eigenvalue weighted by molar-refractivity contribution is 6.74. The van der Waals surface area contributed by atoms with Crippen LogP contribution in [0.25, 0.3) is 0 Å². The lowest BCUT2D eigenvalue weighted by Crippen LogP contribution is -2.41. The van der Waals surface area contributed by atoms with Crippen molar-refractivity contribution in [3.8, 4) is 5.75 Å². The van der Waals surface area contributed by atoms with Crippen molar-refractivity contribution in [3.63, 3.8) is 0 Å². The summed E-state index contributed by atoms with van der Waals surface area (Å²) in [5.74, 6) is 2.33. The Bertz CT molecular complexity index is 1090. The summed E-state index contributed by atoms with van der Waals surface area (Å²) in [5, 5.41) is 0.335. The van der Waals surface area contributed by atoms with Crippen LogP contribution in [-0.4, -0.2) is 16.6 Å². The summed E-state index contributed by atoms with van der Waals surface area (Å²) in [6.07, 6.45) is 6.49. The fraction of sp³-hybridized carbons (Fsp3) is 0.676. The van der Waals surface area contributed by atoms with Gasteiger partial charge in [-0.15, -0.1) is 0 Å². The minimum atomic E-state index is -1.90. The molecule has 0 fully saturated rings. The minimum absolute atomic E-state index is 0.161. The van der Waals surface area contributed by atoms with E-state index in [9.17, 15) is 0 Å². The molecule has 0 aliphatic carbocycles. The average molecular weight is 613 g/mol. The van der Waals surface area contributed by atoms with E-state index < -0.39 is 16.6 Å². The highest BCUT2D eigenvalue weighted by Gasteiger charge is 2.38. The second-order valence-electron chi connectivity index (χ2n) is 15.6. The first kappa shape index (κ1) is 36.8. The fourth-order valence-corrected chi connectivity index (χ4v) is 6.55. The van der Waals surface area contributed by atoms with E-state index >= 15 is 0 Å². The van der Waals surface area contributed by atoms with Crippen LogP contribution >= 0.6 is 0 Å². The van der Waals surface area contributed by atoms with Gasteiger partial charge in [0.1, 0.15) is 12.4 Å². The summed E-state index contributed by atoms with van der Waals surface area (Å²) >= 11 is 0. The Balaban J connectivity index is 2.16. The van der Waals surface area contributed by atoms with Gasteiger partial charge in [-0.3, -0.25) is 0 Å². The summed E-state index contributed by atoms with van der Waals surface area (Å²) in [4.78, 5) is 0. The maximum atomic E-state index is 6.68. The van der Waals surface area contributed by atoms with Gasteiger partial charge in [0.15, 0.2) is 16.6 Å². The van der Waals surface area contributed by atoms with Crippen molar-refractivity contribution < 1.29 is 13.6 Å². The number of hydrogen-bond donors (Lipinski definition) is 0. The van der Waals surface area contributed by atoms with Crippen molar-refractivity contribution >= 4 is 16.6 Å². The monoisotopic (exact) mass is 612 g/mol. The van der Waals surface area contributed by atoms with Gasteiger partial charge in [0.25, 0.3) is 0 Å². The van der Waals surface area contributed by atoms with E-state index in [2.05, 4.69) is 131 Å². The predicted molar refractivity (Wildman–Crippen MR) is 188 cm³/mol. The molecule has 1 atom stereocenters. The lowest BCUT2D eigenvalue weighted by molar-refractivity contribution is 0.255. The summed E-state index contributed by atoms with van der Waals surface area (Å²) in [5.41, 5.74) is 5.02. The van der Waals surface area contributed by atoms with E-state index in [4.69, 9.17) is 13.6 Å². The maximum absolute atomic E-state index is 6.68. The van der Waals surface area contributed by atoms with Gasteiger partial charge in [-0.1, -0.05) is 118 Å². The molecule has 0 aliphatic rings. The maximum Gasteiger partial charge on any atom is 0.192 e. The van der Waals surface area contributed by atoms with Crippen molar-refractivity contribution in [1.82, 2.24) is 0 Å². The minimum Gasteiger partial charge on any atom is -0.489 e. The summed E-state index contributed by atoms with van der Waals surface area (Å²) < 4.78 is 19.7. The third kappa shape index (κ3) is 10.9. The first-order valence-electron chi connectivity index (χ1n) is 16.5. The summed E-state index contributed by atoms with van der Waals surface area (Å²) in [6, 6.07) is 15.5. The Morgan fingerprint density at radius 1 is 0.690 bits per heavy atom. The third-order valence-corrected chi connectivity index (χ3v) is 19.3. The molecule has 0 heterocycles. The van der Waals surface area contributed by atoms with Crippen LogP contribution in [0.15, 0.2) is 42.5 Å². The van der Waals surface area contributed by atoms with Crippen LogP contribution in [0.5, 0.6) is 5.75 Å². The van der Waals surface area contributed by atoms with Gasteiger partial charge in [-0.05, 0) is 88.9 Å². The van der Waals surface area contributed by atoms with Crippen LogP contribution in [-0.2, 0) is 28.7 Å². The van der Waals surface area contributed by atoms with E-state index in [1.165, 1.54) is 54.4 Å². The Morgan fingerprint density at radius 2 is 1.26 bits per heavy atom. The van der Waals surface area contributed by atoms with Crippen LogP contribution in [0.1, 0.15) is 123 Å². The molecule has 2 aromatic carbocycles. The fourth-order valence-electron chi connectivity index (χ4n) is 4.65. The molecule has 5 heteroatoms. The van der Waals surface area contributed by atoms with Crippen LogP contribution in [0.3, 0.4) is 0 Å². The molecule has 1 unspecified atom stereocenters. The standard InChI is InChI=1S/C37H64O3Si2/c1-14-30(15-2)19-16-18-29(3)32-21-17-20-31(24-32)26-38-35-23-22-33(27-39-41(10,11)36(4,5)6)34(25-35)28-40-42(12,13)37(7,8)9/h17,20-25,29-30H,14-16,18-19,26-28H2,1-13H3.